The second-order valence-corrected chi connectivity index (χ2v) is 6.36. The molecule has 6 nitrogen and oxygen atoms in total. The number of piperidine rings is 1. The minimum atomic E-state index is -0.771. The van der Waals surface area contributed by atoms with Crippen LogP contribution in [0.4, 0.5) is 4.79 Å². The highest BCUT2D eigenvalue weighted by molar-refractivity contribution is 6.06. The number of urea groups is 1. The van der Waals surface area contributed by atoms with Crippen LogP contribution in [0.1, 0.15) is 25.3 Å². The Balaban J connectivity index is 1.60. The summed E-state index contributed by atoms with van der Waals surface area (Å²) in [5, 5.41) is 5.17. The number of hydrogen-bond acceptors (Lipinski definition) is 4. The van der Waals surface area contributed by atoms with E-state index in [-0.39, 0.29) is 17.9 Å². The molecule has 0 aromatic carbocycles. The second kappa shape index (κ2) is 6.04. The number of aromatic nitrogens is 1. The molecule has 3 heterocycles. The highest BCUT2D eigenvalue weighted by Crippen LogP contribution is 2.29. The zero-order chi connectivity index (χ0) is 15.6. The maximum Gasteiger partial charge on any atom is 0.322 e. The number of nitrogens with zero attached hydrogens (tertiary/aromatic N) is 2. The number of carbonyl (C=O) groups is 2. The van der Waals surface area contributed by atoms with Gasteiger partial charge in [-0.2, -0.15) is 0 Å². The van der Waals surface area contributed by atoms with E-state index in [1.807, 2.05) is 31.5 Å². The van der Waals surface area contributed by atoms with E-state index in [0.29, 0.717) is 0 Å². The normalized spacial score (nSPS) is 29.2. The minimum absolute atomic E-state index is 0.158. The molecule has 2 N–H and O–H groups in total. The number of nitrogens with one attached hydrogen (secondary N) is 2. The van der Waals surface area contributed by atoms with Crippen LogP contribution in [-0.2, 0) is 11.2 Å². The fourth-order valence-electron chi connectivity index (χ4n) is 3.41. The van der Waals surface area contributed by atoms with Crippen LogP contribution < -0.4 is 10.6 Å². The van der Waals surface area contributed by atoms with Gasteiger partial charge in [-0.3, -0.25) is 15.1 Å². The van der Waals surface area contributed by atoms with Crippen molar-refractivity contribution in [1.82, 2.24) is 20.5 Å². The average Bonchev–Trinajstić information content (AvgIpc) is 2.80. The molecule has 0 bridgehead atoms. The molecule has 2 saturated heterocycles. The highest BCUT2D eigenvalue weighted by Gasteiger charge is 2.48. The molecule has 0 aliphatic carbocycles. The zero-order valence-electron chi connectivity index (χ0n) is 12.8. The van der Waals surface area contributed by atoms with Gasteiger partial charge in [-0.25, -0.2) is 4.79 Å². The first-order valence-corrected chi connectivity index (χ1v) is 7.83. The monoisotopic (exact) mass is 302 g/mol. The summed E-state index contributed by atoms with van der Waals surface area (Å²) in [7, 11) is 0. The molecular formula is C16H22N4O2. The molecule has 2 fully saturated rings. The number of likely N-dealkylation sites (tertiary alicyclic amines) is 1. The molecule has 0 unspecified atom stereocenters. The van der Waals surface area contributed by atoms with Gasteiger partial charge in [0.05, 0.1) is 0 Å². The number of hydrogen-bond donors (Lipinski definition) is 2. The van der Waals surface area contributed by atoms with Crippen molar-refractivity contribution < 1.29 is 9.59 Å². The lowest BCUT2D eigenvalue weighted by Crippen LogP contribution is -2.55. The van der Waals surface area contributed by atoms with Crippen molar-refractivity contribution in [3.05, 3.63) is 30.1 Å². The molecule has 0 spiro atoms. The van der Waals surface area contributed by atoms with Gasteiger partial charge in [-0.15, -0.1) is 0 Å². The van der Waals surface area contributed by atoms with Crippen LogP contribution in [-0.4, -0.2) is 47.0 Å². The van der Waals surface area contributed by atoms with Crippen LogP contribution in [0.2, 0.25) is 0 Å². The summed E-state index contributed by atoms with van der Waals surface area (Å²) < 4.78 is 0. The molecule has 0 radical (unpaired) electrons. The lowest BCUT2D eigenvalue weighted by molar-refractivity contribution is -0.126. The van der Waals surface area contributed by atoms with Crippen LogP contribution in [0.25, 0.3) is 0 Å². The Hall–Kier alpha value is -1.95. The van der Waals surface area contributed by atoms with E-state index in [4.69, 9.17) is 0 Å². The fourth-order valence-corrected chi connectivity index (χ4v) is 3.41. The van der Waals surface area contributed by atoms with Crippen LogP contribution in [0, 0.1) is 5.92 Å². The lowest BCUT2D eigenvalue weighted by Gasteiger charge is -2.39. The van der Waals surface area contributed by atoms with Crippen molar-refractivity contribution >= 4 is 11.9 Å². The van der Waals surface area contributed by atoms with E-state index < -0.39 is 5.54 Å². The van der Waals surface area contributed by atoms with E-state index in [9.17, 15) is 9.59 Å². The average molecular weight is 302 g/mol. The van der Waals surface area contributed by atoms with Gasteiger partial charge < -0.3 is 10.2 Å². The topological polar surface area (TPSA) is 74.3 Å². The molecule has 1 aromatic rings. The smallest absolute Gasteiger partial charge is 0.322 e. The van der Waals surface area contributed by atoms with Gasteiger partial charge in [0, 0.05) is 31.4 Å². The summed E-state index contributed by atoms with van der Waals surface area (Å²) in [6.45, 7) is 4.69. The summed E-state index contributed by atoms with van der Waals surface area (Å²) in [6, 6.07) is 3.70. The van der Waals surface area contributed by atoms with Gasteiger partial charge in [0.1, 0.15) is 5.54 Å². The third-order valence-corrected chi connectivity index (χ3v) is 4.86. The van der Waals surface area contributed by atoms with Crippen molar-refractivity contribution in [3.63, 3.8) is 0 Å². The number of rotatable bonds is 4. The molecule has 0 saturated carbocycles. The van der Waals surface area contributed by atoms with E-state index in [2.05, 4.69) is 20.5 Å². The third-order valence-electron chi connectivity index (χ3n) is 4.86. The summed E-state index contributed by atoms with van der Waals surface area (Å²) in [5.41, 5.74) is 0.502. The van der Waals surface area contributed by atoms with Crippen LogP contribution in [0.3, 0.4) is 0 Å². The Morgan fingerprint density at radius 2 is 2.14 bits per heavy atom. The SMILES string of the molecule is C[C@@]1([C@H]2CCCN(CCc3ccncc3)C2)NC(=O)NC1=O. The molecule has 2 atom stereocenters. The molecule has 118 valence electrons. The second-order valence-electron chi connectivity index (χ2n) is 6.36. The lowest BCUT2D eigenvalue weighted by atomic mass is 9.80. The van der Waals surface area contributed by atoms with Gasteiger partial charge in [0.15, 0.2) is 0 Å². The van der Waals surface area contributed by atoms with Crippen molar-refractivity contribution in [2.24, 2.45) is 5.92 Å². The number of imide groups is 1. The van der Waals surface area contributed by atoms with Gasteiger partial charge in [0.2, 0.25) is 0 Å². The summed E-state index contributed by atoms with van der Waals surface area (Å²) in [6.07, 6.45) is 6.63. The molecule has 3 amide bonds. The number of carbonyl (C=O) groups excluding carboxylic acids is 2. The van der Waals surface area contributed by atoms with Crippen molar-refractivity contribution in [2.75, 3.05) is 19.6 Å². The number of pyridine rings is 1. The molecule has 22 heavy (non-hydrogen) atoms. The Bertz CT molecular complexity index is 563. The molecule has 2 aliphatic heterocycles. The summed E-state index contributed by atoms with van der Waals surface area (Å²) in [5.74, 6) is -0.0383. The maximum atomic E-state index is 12.1. The van der Waals surface area contributed by atoms with Gasteiger partial charge >= 0.3 is 6.03 Å². The standard InChI is InChI=1S/C16H22N4O2/c1-16(14(21)18-15(22)19-16)13-3-2-9-20(11-13)10-6-12-4-7-17-8-5-12/h4-5,7-8,13H,2-3,6,9-11H2,1H3,(H2,18,19,21,22)/t13-,16-/m0/s1. The van der Waals surface area contributed by atoms with Gasteiger partial charge in [-0.1, -0.05) is 0 Å². The molecule has 2 aliphatic rings. The quantitative estimate of drug-likeness (QED) is 0.812. The first-order valence-electron chi connectivity index (χ1n) is 7.83. The first-order chi connectivity index (χ1) is 10.6. The van der Waals surface area contributed by atoms with E-state index in [1.54, 1.807) is 0 Å². The predicted molar refractivity (Wildman–Crippen MR) is 82.2 cm³/mol. The summed E-state index contributed by atoms with van der Waals surface area (Å²) >= 11 is 0. The Morgan fingerprint density at radius 3 is 2.82 bits per heavy atom. The molecule has 6 heteroatoms. The van der Waals surface area contributed by atoms with Gasteiger partial charge in [0.25, 0.3) is 5.91 Å². The van der Waals surface area contributed by atoms with Crippen LogP contribution in [0.15, 0.2) is 24.5 Å². The van der Waals surface area contributed by atoms with E-state index in [0.717, 1.165) is 38.9 Å². The van der Waals surface area contributed by atoms with Gasteiger partial charge in [-0.05, 0) is 50.4 Å². The van der Waals surface area contributed by atoms with Crippen molar-refractivity contribution in [3.8, 4) is 0 Å². The number of amides is 3. The van der Waals surface area contributed by atoms with E-state index >= 15 is 0 Å². The zero-order valence-corrected chi connectivity index (χ0v) is 12.8. The molecule has 3 rings (SSSR count). The van der Waals surface area contributed by atoms with E-state index in [1.165, 1.54) is 5.56 Å². The largest absolute Gasteiger partial charge is 0.323 e. The first kappa shape index (κ1) is 15.0. The molecular weight excluding hydrogens is 280 g/mol. The van der Waals surface area contributed by atoms with Crippen LogP contribution in [0.5, 0.6) is 0 Å². The van der Waals surface area contributed by atoms with Crippen molar-refractivity contribution in [1.29, 1.82) is 0 Å². The van der Waals surface area contributed by atoms with Crippen molar-refractivity contribution in [2.45, 2.75) is 31.7 Å². The van der Waals surface area contributed by atoms with Crippen LogP contribution >= 0.6 is 0 Å². The highest BCUT2D eigenvalue weighted by atomic mass is 16.2. The molecule has 1 aromatic heterocycles. The third kappa shape index (κ3) is 2.97. The fraction of sp³-hybridized carbons (Fsp3) is 0.562. The summed E-state index contributed by atoms with van der Waals surface area (Å²) in [4.78, 5) is 29.9. The maximum absolute atomic E-state index is 12.1. The predicted octanol–water partition coefficient (Wildman–Crippen LogP) is 0.934. The Labute approximate surface area is 130 Å². The Morgan fingerprint density at radius 1 is 1.36 bits per heavy atom. The Kier molecular flexibility index (Phi) is 4.11. The minimum Gasteiger partial charge on any atom is -0.323 e.